The second-order valence-electron chi connectivity index (χ2n) is 8.07. The van der Waals surface area contributed by atoms with Gasteiger partial charge in [0.05, 0.1) is 10.9 Å². The second kappa shape index (κ2) is 16.6. The fourth-order valence-corrected chi connectivity index (χ4v) is 5.80. The third kappa shape index (κ3) is 7.83. The van der Waals surface area contributed by atoms with E-state index < -0.39 is 16.8 Å². The van der Waals surface area contributed by atoms with Crippen molar-refractivity contribution in [1.29, 1.82) is 0 Å². The summed E-state index contributed by atoms with van der Waals surface area (Å²) in [6.45, 7) is 16.3. The standard InChI is InChI=1S/C26H26F2N2OS.2C2H6.CH2O2/c1-5-6-7-11-22-17(2)29(4)18(3)25(22)26-23-13-12-21(28)15-24(23)32(31)30(26)16-19-9-8-10-20(27)14-19;2*1-2;2-1-3/h6-15,26H,2,5,16H2,1,3-4H3;2*1-2H3;1H,(H,2,3)/b7-6-,22-11+;;;. The fourth-order valence-electron chi connectivity index (χ4n) is 4.27. The number of nitrogens with zero attached hydrogens (tertiary/aromatic N) is 2. The maximum atomic E-state index is 14.1. The predicted molar refractivity (Wildman–Crippen MR) is 157 cm³/mol. The molecule has 0 fully saturated rings. The molecule has 5 nitrogen and oxygen atoms in total. The summed E-state index contributed by atoms with van der Waals surface area (Å²) in [5.74, 6) is -0.772. The molecule has 39 heavy (non-hydrogen) atoms. The van der Waals surface area contributed by atoms with E-state index in [1.165, 1.54) is 24.3 Å². The summed E-state index contributed by atoms with van der Waals surface area (Å²) >= 11 is 0. The van der Waals surface area contributed by atoms with Crippen LogP contribution < -0.4 is 10.6 Å². The van der Waals surface area contributed by atoms with Gasteiger partial charge in [-0.05, 0) is 48.7 Å². The molecule has 3 aromatic rings. The highest BCUT2D eigenvalue weighted by Crippen LogP contribution is 2.42. The van der Waals surface area contributed by atoms with Gasteiger partial charge >= 0.3 is 0 Å². The van der Waals surface area contributed by atoms with Gasteiger partial charge in [-0.15, -0.1) is 0 Å². The van der Waals surface area contributed by atoms with Crippen LogP contribution in [0, 0.1) is 18.6 Å². The van der Waals surface area contributed by atoms with E-state index in [2.05, 4.69) is 19.6 Å². The number of fused-ring (bicyclic) bond motifs is 1. The Balaban J connectivity index is 0.000000996. The van der Waals surface area contributed by atoms with Crippen molar-refractivity contribution >= 4 is 30.1 Å². The van der Waals surface area contributed by atoms with Gasteiger partial charge in [-0.2, -0.15) is 0 Å². The van der Waals surface area contributed by atoms with Crippen LogP contribution in [0.4, 0.5) is 8.78 Å². The van der Waals surface area contributed by atoms with Crippen LogP contribution in [0.2, 0.25) is 0 Å². The Bertz CT molecular complexity index is 1400. The summed E-state index contributed by atoms with van der Waals surface area (Å²) in [5, 5.41) is 8.70. The van der Waals surface area contributed by atoms with Gasteiger partial charge in [-0.3, -0.25) is 4.79 Å². The molecular weight excluding hydrogens is 518 g/mol. The zero-order valence-corrected chi connectivity index (χ0v) is 24.7. The summed E-state index contributed by atoms with van der Waals surface area (Å²) in [4.78, 5) is 8.82. The predicted octanol–water partition coefficient (Wildman–Crippen LogP) is 6.15. The fraction of sp³-hybridized carbons (Fsp3) is 0.323. The Hall–Kier alpha value is -3.36. The van der Waals surface area contributed by atoms with E-state index in [1.807, 2.05) is 68.8 Å². The molecule has 1 N–H and O–H groups in total. The van der Waals surface area contributed by atoms with Crippen LogP contribution in [0.25, 0.3) is 12.7 Å². The lowest BCUT2D eigenvalue weighted by Gasteiger charge is -2.24. The molecule has 4 rings (SSSR count). The Morgan fingerprint density at radius 3 is 2.28 bits per heavy atom. The van der Waals surface area contributed by atoms with Crippen LogP contribution in [0.5, 0.6) is 0 Å². The first-order valence-corrected chi connectivity index (χ1v) is 14.2. The van der Waals surface area contributed by atoms with Crippen LogP contribution in [-0.4, -0.2) is 24.7 Å². The molecule has 0 amide bonds. The number of halogens is 2. The number of aromatic nitrogens is 1. The highest BCUT2D eigenvalue weighted by molar-refractivity contribution is 7.83. The van der Waals surface area contributed by atoms with Crippen molar-refractivity contribution in [3.05, 3.63) is 99.2 Å². The Morgan fingerprint density at radius 2 is 1.69 bits per heavy atom. The van der Waals surface area contributed by atoms with Gasteiger partial charge in [0.1, 0.15) is 22.6 Å². The van der Waals surface area contributed by atoms with Crippen molar-refractivity contribution in [3.63, 3.8) is 0 Å². The molecule has 2 heterocycles. The molecule has 1 aliphatic rings. The van der Waals surface area contributed by atoms with Crippen molar-refractivity contribution in [2.45, 2.75) is 65.4 Å². The second-order valence-corrected chi connectivity index (χ2v) is 9.47. The zero-order chi connectivity index (χ0) is 29.7. The van der Waals surface area contributed by atoms with Gasteiger partial charge in [0.2, 0.25) is 0 Å². The van der Waals surface area contributed by atoms with E-state index in [0.29, 0.717) is 10.5 Å². The van der Waals surface area contributed by atoms with Gasteiger partial charge in [0.25, 0.3) is 6.47 Å². The summed E-state index contributed by atoms with van der Waals surface area (Å²) < 4.78 is 45.3. The lowest BCUT2D eigenvalue weighted by molar-refractivity contribution is -0.122. The summed E-state index contributed by atoms with van der Waals surface area (Å²) in [5.41, 5.74) is 3.48. The van der Waals surface area contributed by atoms with E-state index in [4.69, 9.17) is 9.90 Å². The molecule has 1 aromatic heterocycles. The van der Waals surface area contributed by atoms with Crippen molar-refractivity contribution in [1.82, 2.24) is 8.87 Å². The molecule has 0 saturated heterocycles. The molecule has 2 unspecified atom stereocenters. The van der Waals surface area contributed by atoms with E-state index in [1.54, 1.807) is 12.1 Å². The highest BCUT2D eigenvalue weighted by atomic mass is 32.2. The number of hydrogen-bond donors (Lipinski definition) is 1. The minimum atomic E-state index is -1.60. The first kappa shape index (κ1) is 33.7. The van der Waals surface area contributed by atoms with Gasteiger partial charge in [-0.25, -0.2) is 17.3 Å². The lowest BCUT2D eigenvalue weighted by Crippen LogP contribution is -2.32. The summed E-state index contributed by atoms with van der Waals surface area (Å²) in [6.07, 6.45) is 7.00. The minimum Gasteiger partial charge on any atom is -0.483 e. The van der Waals surface area contributed by atoms with Crippen LogP contribution in [-0.2, 0) is 29.4 Å². The molecule has 2 atom stereocenters. The summed E-state index contributed by atoms with van der Waals surface area (Å²) in [7, 11) is 0.359. The van der Waals surface area contributed by atoms with Gasteiger partial charge < -0.3 is 9.67 Å². The van der Waals surface area contributed by atoms with Gasteiger partial charge in [0.15, 0.2) is 0 Å². The number of carboxylic acid groups (broad SMARTS) is 1. The van der Waals surface area contributed by atoms with Gasteiger partial charge in [0, 0.05) is 35.4 Å². The van der Waals surface area contributed by atoms with Crippen LogP contribution in [0.1, 0.15) is 69.5 Å². The summed E-state index contributed by atoms with van der Waals surface area (Å²) in [6, 6.07) is 10.4. The molecule has 212 valence electrons. The molecular formula is C31H40F2N2O3S. The number of allylic oxidation sites excluding steroid dienone is 2. The van der Waals surface area contributed by atoms with Crippen LogP contribution >= 0.6 is 0 Å². The van der Waals surface area contributed by atoms with E-state index >= 15 is 0 Å². The highest BCUT2D eigenvalue weighted by Gasteiger charge is 2.40. The third-order valence-electron chi connectivity index (χ3n) is 5.99. The number of rotatable bonds is 5. The lowest BCUT2D eigenvalue weighted by atomic mass is 9.96. The first-order chi connectivity index (χ1) is 18.7. The van der Waals surface area contributed by atoms with E-state index in [0.717, 1.165) is 33.8 Å². The Morgan fingerprint density at radius 1 is 1.08 bits per heavy atom. The molecule has 0 radical (unpaired) electrons. The van der Waals surface area contributed by atoms with E-state index in [9.17, 15) is 13.0 Å². The Kier molecular flexibility index (Phi) is 14.3. The third-order valence-corrected chi connectivity index (χ3v) is 7.49. The zero-order valence-electron chi connectivity index (χ0n) is 23.9. The maximum Gasteiger partial charge on any atom is 0.290 e. The monoisotopic (exact) mass is 558 g/mol. The largest absolute Gasteiger partial charge is 0.483 e. The average Bonchev–Trinajstić information content (AvgIpc) is 3.31. The molecule has 0 saturated carbocycles. The first-order valence-electron chi connectivity index (χ1n) is 13.1. The molecule has 2 aromatic carbocycles. The van der Waals surface area contributed by atoms with Crippen molar-refractivity contribution in [2.75, 3.05) is 0 Å². The van der Waals surface area contributed by atoms with E-state index in [-0.39, 0.29) is 24.9 Å². The van der Waals surface area contributed by atoms with Crippen molar-refractivity contribution in [2.24, 2.45) is 7.05 Å². The maximum absolute atomic E-state index is 14.1. The van der Waals surface area contributed by atoms with Crippen LogP contribution in [0.15, 0.2) is 59.5 Å². The normalized spacial score (nSPS) is 16.4. The molecule has 0 bridgehead atoms. The topological polar surface area (TPSA) is 62.5 Å². The average molecular weight is 559 g/mol. The number of carbonyl (C=O) groups is 1. The van der Waals surface area contributed by atoms with Crippen molar-refractivity contribution < 1.29 is 22.9 Å². The molecule has 0 aliphatic carbocycles. The quantitative estimate of drug-likeness (QED) is 0.382. The van der Waals surface area contributed by atoms with Crippen molar-refractivity contribution in [3.8, 4) is 0 Å². The Labute approximate surface area is 233 Å². The molecule has 1 aliphatic heterocycles. The number of benzene rings is 2. The van der Waals surface area contributed by atoms with Gasteiger partial charge in [-0.1, -0.05) is 77.6 Å². The van der Waals surface area contributed by atoms with Crippen LogP contribution in [0.3, 0.4) is 0 Å². The number of hydrogen-bond acceptors (Lipinski definition) is 2. The molecule has 8 heteroatoms. The molecule has 0 spiro atoms. The smallest absolute Gasteiger partial charge is 0.290 e. The SMILES string of the molecule is C=c1/c(=C\C=C/CC)c(C2c3ccc(F)cc3S(=O)N2Cc2cccc(F)c2)c(C)n1C.CC.CC.O=CO. The minimum absolute atomic E-state index is 0.250.